The van der Waals surface area contributed by atoms with Gasteiger partial charge in [0.1, 0.15) is 0 Å². The summed E-state index contributed by atoms with van der Waals surface area (Å²) >= 11 is 5.94. The van der Waals surface area contributed by atoms with Crippen molar-refractivity contribution in [1.29, 1.82) is 0 Å². The monoisotopic (exact) mass is 352 g/mol. The van der Waals surface area contributed by atoms with Crippen molar-refractivity contribution in [1.82, 2.24) is 4.57 Å². The Hall–Kier alpha value is -2.85. The Morgan fingerprint density at radius 1 is 1.12 bits per heavy atom. The molecule has 3 rings (SSSR count). The van der Waals surface area contributed by atoms with Gasteiger partial charge in [-0.25, -0.2) is 4.79 Å². The van der Waals surface area contributed by atoms with E-state index in [9.17, 15) is 4.79 Å². The lowest BCUT2D eigenvalue weighted by atomic mass is 10.2. The summed E-state index contributed by atoms with van der Waals surface area (Å²) in [6.45, 7) is 2.15. The van der Waals surface area contributed by atoms with Crippen molar-refractivity contribution in [2.45, 2.75) is 6.92 Å². The van der Waals surface area contributed by atoms with Gasteiger partial charge in [0.2, 0.25) is 0 Å². The van der Waals surface area contributed by atoms with E-state index in [1.54, 1.807) is 37.4 Å². The summed E-state index contributed by atoms with van der Waals surface area (Å²) in [5.74, 6) is -0.324. The Bertz CT molecular complexity index is 881. The molecule has 0 aliphatic heterocycles. The van der Waals surface area contributed by atoms with Gasteiger partial charge >= 0.3 is 5.97 Å². The lowest BCUT2D eigenvalue weighted by Crippen LogP contribution is -2.03. The molecule has 0 saturated carbocycles. The van der Waals surface area contributed by atoms with E-state index in [4.69, 9.17) is 16.3 Å². The van der Waals surface area contributed by atoms with Crippen LogP contribution >= 0.6 is 11.6 Å². The normalized spacial score (nSPS) is 11.0. The zero-order valence-electron chi connectivity index (χ0n) is 13.7. The van der Waals surface area contributed by atoms with Crippen LogP contribution in [0.3, 0.4) is 0 Å². The number of ether oxygens (including phenoxy) is 1. The molecule has 0 radical (unpaired) electrons. The quantitative estimate of drug-likeness (QED) is 0.476. The van der Waals surface area contributed by atoms with E-state index in [-0.39, 0.29) is 5.97 Å². The number of aromatic nitrogens is 1. The van der Waals surface area contributed by atoms with Crippen molar-refractivity contribution in [3.8, 4) is 5.69 Å². The van der Waals surface area contributed by atoms with Gasteiger partial charge in [-0.05, 0) is 67.6 Å². The van der Waals surface area contributed by atoms with E-state index >= 15 is 0 Å². The Morgan fingerprint density at radius 2 is 1.84 bits per heavy atom. The highest BCUT2D eigenvalue weighted by Gasteiger charge is 2.05. The average molecular weight is 353 g/mol. The van der Waals surface area contributed by atoms with Crippen LogP contribution in [0.4, 0.5) is 5.69 Å². The second-order valence-corrected chi connectivity index (χ2v) is 5.74. The number of halogens is 1. The number of carbonyl (C=O) groups is 1. The van der Waals surface area contributed by atoms with Crippen LogP contribution in [0.2, 0.25) is 5.02 Å². The molecule has 0 fully saturated rings. The van der Waals surface area contributed by atoms with E-state index in [2.05, 4.69) is 4.99 Å². The van der Waals surface area contributed by atoms with Crippen molar-refractivity contribution in [3.05, 3.63) is 83.1 Å². The molecule has 4 nitrogen and oxygen atoms in total. The SMILES string of the molecule is CCOC(=O)c1ccc(N=Cc2cccn2-c2ccc(Cl)cc2)cc1. The summed E-state index contributed by atoms with van der Waals surface area (Å²) in [5, 5.41) is 0.702. The molecule has 1 aromatic heterocycles. The smallest absolute Gasteiger partial charge is 0.338 e. The number of hydrogen-bond acceptors (Lipinski definition) is 3. The minimum Gasteiger partial charge on any atom is -0.462 e. The van der Waals surface area contributed by atoms with Gasteiger partial charge in [0.25, 0.3) is 0 Å². The zero-order chi connectivity index (χ0) is 17.6. The predicted molar refractivity (Wildman–Crippen MR) is 100 cm³/mol. The summed E-state index contributed by atoms with van der Waals surface area (Å²) in [5.41, 5.74) is 3.23. The van der Waals surface area contributed by atoms with Crippen molar-refractivity contribution >= 4 is 29.5 Å². The minimum absolute atomic E-state index is 0.324. The summed E-state index contributed by atoms with van der Waals surface area (Å²) in [6, 6.07) is 18.5. The minimum atomic E-state index is -0.324. The molecular formula is C20H17ClN2O2. The van der Waals surface area contributed by atoms with Gasteiger partial charge in [0.15, 0.2) is 0 Å². The van der Waals surface area contributed by atoms with E-state index in [0.29, 0.717) is 17.2 Å². The third-order valence-electron chi connectivity index (χ3n) is 3.61. The molecule has 0 amide bonds. The molecule has 0 saturated heterocycles. The molecule has 3 aromatic rings. The van der Waals surface area contributed by atoms with Gasteiger partial charge in [-0.1, -0.05) is 11.6 Å². The molecule has 1 heterocycles. The predicted octanol–water partition coefficient (Wildman–Crippen LogP) is 5.06. The van der Waals surface area contributed by atoms with Crippen LogP contribution in [0.15, 0.2) is 71.9 Å². The Balaban J connectivity index is 1.78. The fraction of sp³-hybridized carbons (Fsp3) is 0.100. The molecule has 5 heteroatoms. The maximum absolute atomic E-state index is 11.7. The Morgan fingerprint density at radius 3 is 2.52 bits per heavy atom. The van der Waals surface area contributed by atoms with Gasteiger partial charge in [0, 0.05) is 16.9 Å². The number of rotatable bonds is 5. The van der Waals surface area contributed by atoms with Crippen LogP contribution in [0.25, 0.3) is 5.69 Å². The van der Waals surface area contributed by atoms with Gasteiger partial charge < -0.3 is 9.30 Å². The van der Waals surface area contributed by atoms with Crippen molar-refractivity contribution in [2.24, 2.45) is 4.99 Å². The van der Waals surface area contributed by atoms with Crippen LogP contribution in [-0.4, -0.2) is 23.4 Å². The highest BCUT2D eigenvalue weighted by atomic mass is 35.5. The lowest BCUT2D eigenvalue weighted by molar-refractivity contribution is 0.0526. The first-order valence-electron chi connectivity index (χ1n) is 7.92. The lowest BCUT2D eigenvalue weighted by Gasteiger charge is -2.06. The molecule has 126 valence electrons. The van der Waals surface area contributed by atoms with Gasteiger partial charge in [0.05, 0.1) is 29.8 Å². The third kappa shape index (κ3) is 4.17. The van der Waals surface area contributed by atoms with Gasteiger partial charge in [-0.3, -0.25) is 4.99 Å². The number of nitrogens with zero attached hydrogens (tertiary/aromatic N) is 2. The van der Waals surface area contributed by atoms with E-state index < -0.39 is 0 Å². The topological polar surface area (TPSA) is 43.6 Å². The molecule has 25 heavy (non-hydrogen) atoms. The maximum Gasteiger partial charge on any atom is 0.338 e. The fourth-order valence-corrected chi connectivity index (χ4v) is 2.50. The zero-order valence-corrected chi connectivity index (χ0v) is 14.5. The Labute approximate surface area is 151 Å². The molecule has 0 N–H and O–H groups in total. The number of hydrogen-bond donors (Lipinski definition) is 0. The molecular weight excluding hydrogens is 336 g/mol. The first-order chi connectivity index (χ1) is 12.2. The second kappa shape index (κ2) is 7.81. The van der Waals surface area contributed by atoms with E-state index in [0.717, 1.165) is 17.1 Å². The summed E-state index contributed by atoms with van der Waals surface area (Å²) in [7, 11) is 0. The van der Waals surface area contributed by atoms with Crippen LogP contribution in [-0.2, 0) is 4.74 Å². The number of aliphatic imine (C=N–C) groups is 1. The van der Waals surface area contributed by atoms with Crippen LogP contribution in [0.5, 0.6) is 0 Å². The summed E-state index contributed by atoms with van der Waals surface area (Å²) in [4.78, 5) is 16.1. The highest BCUT2D eigenvalue weighted by Crippen LogP contribution is 2.17. The average Bonchev–Trinajstić information content (AvgIpc) is 3.10. The molecule has 0 unspecified atom stereocenters. The van der Waals surface area contributed by atoms with Gasteiger partial charge in [-0.15, -0.1) is 0 Å². The van der Waals surface area contributed by atoms with Crippen LogP contribution < -0.4 is 0 Å². The molecule has 0 aliphatic rings. The first kappa shape index (κ1) is 17.0. The maximum atomic E-state index is 11.7. The van der Waals surface area contributed by atoms with E-state index in [1.165, 1.54) is 0 Å². The van der Waals surface area contributed by atoms with E-state index in [1.807, 2.05) is 47.2 Å². The third-order valence-corrected chi connectivity index (χ3v) is 3.86. The second-order valence-electron chi connectivity index (χ2n) is 5.31. The number of esters is 1. The molecule has 0 bridgehead atoms. The van der Waals surface area contributed by atoms with Gasteiger partial charge in [-0.2, -0.15) is 0 Å². The molecule has 0 aliphatic carbocycles. The van der Waals surface area contributed by atoms with Crippen LogP contribution in [0.1, 0.15) is 23.0 Å². The summed E-state index contributed by atoms with van der Waals surface area (Å²) < 4.78 is 6.99. The van der Waals surface area contributed by atoms with Crippen molar-refractivity contribution in [3.63, 3.8) is 0 Å². The molecule has 0 spiro atoms. The molecule has 2 aromatic carbocycles. The number of carbonyl (C=O) groups excluding carboxylic acids is 1. The van der Waals surface area contributed by atoms with Crippen LogP contribution in [0, 0.1) is 0 Å². The Kier molecular flexibility index (Phi) is 5.31. The number of benzene rings is 2. The van der Waals surface area contributed by atoms with Crippen molar-refractivity contribution < 1.29 is 9.53 Å². The standard InChI is InChI=1S/C20H17ClN2O2/c1-2-25-20(24)15-5-9-17(10-6-15)22-14-19-4-3-13-23(19)18-11-7-16(21)8-12-18/h3-14H,2H2,1H3. The summed E-state index contributed by atoms with van der Waals surface area (Å²) in [6.07, 6.45) is 3.75. The highest BCUT2D eigenvalue weighted by molar-refractivity contribution is 6.30. The van der Waals surface area contributed by atoms with Crippen molar-refractivity contribution in [2.75, 3.05) is 6.61 Å². The molecule has 0 atom stereocenters. The first-order valence-corrected chi connectivity index (χ1v) is 8.29. The fourth-order valence-electron chi connectivity index (χ4n) is 2.37. The largest absolute Gasteiger partial charge is 0.462 e.